The molecule has 1 aromatic carbocycles. The average molecular weight is 347 g/mol. The maximum atomic E-state index is 12.4. The molecule has 3 aromatic rings. The topological polar surface area (TPSA) is 71.8 Å². The van der Waals surface area contributed by atoms with Crippen molar-refractivity contribution in [3.05, 3.63) is 71.7 Å². The Balaban J connectivity index is 1.56. The highest BCUT2D eigenvalue weighted by molar-refractivity contribution is 5.89. The first-order valence-corrected chi connectivity index (χ1v) is 8.81. The van der Waals surface area contributed by atoms with Gasteiger partial charge in [0.15, 0.2) is 0 Å². The molecule has 26 heavy (non-hydrogen) atoms. The SMILES string of the molecule is Cc1c(C2CC2)nn(-c2ccccc2)c1NC(=O)NCc1cccnc1. The van der Waals surface area contributed by atoms with Gasteiger partial charge in [-0.2, -0.15) is 5.10 Å². The van der Waals surface area contributed by atoms with Crippen LogP contribution in [0.4, 0.5) is 10.6 Å². The van der Waals surface area contributed by atoms with Crippen LogP contribution in [-0.4, -0.2) is 20.8 Å². The third-order valence-corrected chi connectivity index (χ3v) is 4.53. The molecular formula is C20H21N5O. The lowest BCUT2D eigenvalue weighted by Gasteiger charge is -2.11. The number of urea groups is 1. The van der Waals surface area contributed by atoms with Crippen molar-refractivity contribution in [2.75, 3.05) is 5.32 Å². The van der Waals surface area contributed by atoms with Gasteiger partial charge in [-0.15, -0.1) is 0 Å². The number of hydrogen-bond acceptors (Lipinski definition) is 3. The zero-order chi connectivity index (χ0) is 17.9. The summed E-state index contributed by atoms with van der Waals surface area (Å²) in [5, 5.41) is 10.6. The normalized spacial score (nSPS) is 13.4. The van der Waals surface area contributed by atoms with E-state index in [-0.39, 0.29) is 6.03 Å². The zero-order valence-corrected chi connectivity index (χ0v) is 14.6. The van der Waals surface area contributed by atoms with Crippen LogP contribution in [0.15, 0.2) is 54.9 Å². The van der Waals surface area contributed by atoms with Crippen LogP contribution < -0.4 is 10.6 Å². The van der Waals surface area contributed by atoms with E-state index in [2.05, 4.69) is 15.6 Å². The number of hydrogen-bond donors (Lipinski definition) is 2. The summed E-state index contributed by atoms with van der Waals surface area (Å²) in [4.78, 5) is 16.5. The largest absolute Gasteiger partial charge is 0.334 e. The molecule has 1 aliphatic carbocycles. The number of nitrogens with one attached hydrogen (secondary N) is 2. The van der Waals surface area contributed by atoms with Crippen molar-refractivity contribution in [2.45, 2.75) is 32.2 Å². The molecule has 0 saturated heterocycles. The van der Waals surface area contributed by atoms with Crippen LogP contribution in [0.3, 0.4) is 0 Å². The van der Waals surface area contributed by atoms with Crippen LogP contribution in [0.25, 0.3) is 5.69 Å². The number of anilines is 1. The van der Waals surface area contributed by atoms with Gasteiger partial charge in [-0.25, -0.2) is 9.48 Å². The van der Waals surface area contributed by atoms with Crippen molar-refractivity contribution in [3.8, 4) is 5.69 Å². The lowest BCUT2D eigenvalue weighted by Crippen LogP contribution is -2.29. The molecule has 4 rings (SSSR count). The summed E-state index contributed by atoms with van der Waals surface area (Å²) in [7, 11) is 0. The van der Waals surface area contributed by atoms with E-state index in [1.54, 1.807) is 12.4 Å². The summed E-state index contributed by atoms with van der Waals surface area (Å²) in [6, 6.07) is 13.4. The molecule has 132 valence electrons. The van der Waals surface area contributed by atoms with Gasteiger partial charge in [0.25, 0.3) is 0 Å². The van der Waals surface area contributed by atoms with E-state index in [0.717, 1.165) is 28.3 Å². The fourth-order valence-electron chi connectivity index (χ4n) is 3.00. The van der Waals surface area contributed by atoms with E-state index in [9.17, 15) is 4.79 Å². The predicted molar refractivity (Wildman–Crippen MR) is 100 cm³/mol. The second kappa shape index (κ2) is 7.00. The van der Waals surface area contributed by atoms with Crippen molar-refractivity contribution in [1.29, 1.82) is 0 Å². The number of carbonyl (C=O) groups is 1. The van der Waals surface area contributed by atoms with Gasteiger partial charge in [0, 0.05) is 30.4 Å². The first kappa shape index (κ1) is 16.3. The van der Waals surface area contributed by atoms with Gasteiger partial charge >= 0.3 is 6.03 Å². The Morgan fingerprint density at radius 1 is 1.19 bits per heavy atom. The quantitative estimate of drug-likeness (QED) is 0.738. The molecule has 0 unspecified atom stereocenters. The van der Waals surface area contributed by atoms with Crippen LogP contribution in [0, 0.1) is 6.92 Å². The van der Waals surface area contributed by atoms with Gasteiger partial charge in [0.1, 0.15) is 5.82 Å². The maximum Gasteiger partial charge on any atom is 0.320 e. The number of carbonyl (C=O) groups excluding carboxylic acids is 1. The van der Waals surface area contributed by atoms with Crippen molar-refractivity contribution < 1.29 is 4.79 Å². The molecule has 0 atom stereocenters. The lowest BCUT2D eigenvalue weighted by molar-refractivity contribution is 0.251. The van der Waals surface area contributed by atoms with Gasteiger partial charge in [-0.3, -0.25) is 10.3 Å². The highest BCUT2D eigenvalue weighted by atomic mass is 16.2. The van der Waals surface area contributed by atoms with E-state index in [1.807, 2.05) is 54.1 Å². The lowest BCUT2D eigenvalue weighted by atomic mass is 10.2. The van der Waals surface area contributed by atoms with Crippen molar-refractivity contribution in [2.24, 2.45) is 0 Å². The van der Waals surface area contributed by atoms with E-state index in [1.165, 1.54) is 12.8 Å². The maximum absolute atomic E-state index is 12.4. The summed E-state index contributed by atoms with van der Waals surface area (Å²) in [6.45, 7) is 2.45. The number of amides is 2. The Morgan fingerprint density at radius 3 is 2.69 bits per heavy atom. The average Bonchev–Trinajstić information content (AvgIpc) is 3.47. The third-order valence-electron chi connectivity index (χ3n) is 4.53. The molecule has 2 N–H and O–H groups in total. The van der Waals surface area contributed by atoms with Crippen molar-refractivity contribution >= 4 is 11.8 Å². The second-order valence-corrected chi connectivity index (χ2v) is 6.55. The van der Waals surface area contributed by atoms with Gasteiger partial charge in [-0.05, 0) is 43.5 Å². The molecule has 1 saturated carbocycles. The standard InChI is InChI=1S/C20H21N5O/c1-14-18(16-9-10-16)24-25(17-7-3-2-4-8-17)19(14)23-20(26)22-13-15-6-5-11-21-12-15/h2-8,11-12,16H,9-10,13H2,1H3,(H2,22,23,26). The molecule has 6 nitrogen and oxygen atoms in total. The summed E-state index contributed by atoms with van der Waals surface area (Å²) in [6.07, 6.45) is 5.79. The molecule has 1 aliphatic rings. The van der Waals surface area contributed by atoms with Gasteiger partial charge < -0.3 is 5.32 Å². The zero-order valence-electron chi connectivity index (χ0n) is 14.6. The van der Waals surface area contributed by atoms with Crippen LogP contribution in [0.2, 0.25) is 0 Å². The number of para-hydroxylation sites is 1. The summed E-state index contributed by atoms with van der Waals surface area (Å²) in [5.41, 5.74) is 4.00. The van der Waals surface area contributed by atoms with Crippen LogP contribution in [0.1, 0.15) is 35.6 Å². The molecule has 0 radical (unpaired) electrons. The molecule has 0 aliphatic heterocycles. The van der Waals surface area contributed by atoms with Gasteiger partial charge in [-0.1, -0.05) is 24.3 Å². The van der Waals surface area contributed by atoms with Crippen molar-refractivity contribution in [1.82, 2.24) is 20.1 Å². The highest BCUT2D eigenvalue weighted by Crippen LogP contribution is 2.42. The van der Waals surface area contributed by atoms with E-state index < -0.39 is 0 Å². The monoisotopic (exact) mass is 347 g/mol. The van der Waals surface area contributed by atoms with Crippen LogP contribution >= 0.6 is 0 Å². The van der Waals surface area contributed by atoms with E-state index >= 15 is 0 Å². The summed E-state index contributed by atoms with van der Waals surface area (Å²) < 4.78 is 1.83. The third kappa shape index (κ3) is 3.44. The molecule has 0 bridgehead atoms. The van der Waals surface area contributed by atoms with Crippen LogP contribution in [-0.2, 0) is 6.54 Å². The Hall–Kier alpha value is -3.15. The first-order valence-electron chi connectivity index (χ1n) is 8.81. The number of aromatic nitrogens is 3. The highest BCUT2D eigenvalue weighted by Gasteiger charge is 2.30. The number of rotatable bonds is 5. The van der Waals surface area contributed by atoms with Crippen molar-refractivity contribution in [3.63, 3.8) is 0 Å². The van der Waals surface area contributed by atoms with Crippen LogP contribution in [0.5, 0.6) is 0 Å². The minimum Gasteiger partial charge on any atom is -0.334 e. The number of benzene rings is 1. The Morgan fingerprint density at radius 2 is 2.00 bits per heavy atom. The Labute approximate surface area is 152 Å². The predicted octanol–water partition coefficient (Wildman–Crippen LogP) is 3.77. The second-order valence-electron chi connectivity index (χ2n) is 6.55. The Bertz CT molecular complexity index is 901. The minimum atomic E-state index is -0.253. The fraction of sp³-hybridized carbons (Fsp3) is 0.250. The number of pyridine rings is 1. The summed E-state index contributed by atoms with van der Waals surface area (Å²) in [5.74, 6) is 1.24. The molecule has 1 fully saturated rings. The van der Waals surface area contributed by atoms with Gasteiger partial charge in [0.2, 0.25) is 0 Å². The fourth-order valence-corrected chi connectivity index (χ4v) is 3.00. The molecule has 6 heteroatoms. The Kier molecular flexibility index (Phi) is 4.39. The molecular weight excluding hydrogens is 326 g/mol. The smallest absolute Gasteiger partial charge is 0.320 e. The summed E-state index contributed by atoms with van der Waals surface area (Å²) >= 11 is 0. The molecule has 2 aromatic heterocycles. The van der Waals surface area contributed by atoms with E-state index in [4.69, 9.17) is 5.10 Å². The number of nitrogens with zero attached hydrogens (tertiary/aromatic N) is 3. The molecule has 2 amide bonds. The molecule has 0 spiro atoms. The first-order chi connectivity index (χ1) is 12.7. The molecule has 2 heterocycles. The van der Waals surface area contributed by atoms with Gasteiger partial charge in [0.05, 0.1) is 11.4 Å². The minimum absolute atomic E-state index is 0.253. The van der Waals surface area contributed by atoms with E-state index in [0.29, 0.717) is 12.5 Å².